The van der Waals surface area contributed by atoms with Crippen molar-refractivity contribution < 1.29 is 14.5 Å². The van der Waals surface area contributed by atoms with E-state index in [2.05, 4.69) is 4.99 Å². The van der Waals surface area contributed by atoms with Crippen LogP contribution in [0.4, 0.5) is 5.69 Å². The Morgan fingerprint density at radius 3 is 2.06 bits per heavy atom. The largest absolute Gasteiger partial charge is 0.496 e. The third-order valence-corrected chi connectivity index (χ3v) is 2.56. The van der Waals surface area contributed by atoms with Gasteiger partial charge in [0, 0.05) is 11.6 Å². The highest BCUT2D eigenvalue weighted by Gasteiger charge is 2.04. The van der Waals surface area contributed by atoms with Crippen molar-refractivity contribution in [2.75, 3.05) is 14.2 Å². The molecule has 2 rings (SSSR count). The highest BCUT2D eigenvalue weighted by Crippen LogP contribution is 2.22. The average molecular weight is 242 g/mol. The van der Waals surface area contributed by atoms with Crippen LogP contribution in [0.1, 0.15) is 5.56 Å². The zero-order valence-electron chi connectivity index (χ0n) is 10.5. The van der Waals surface area contributed by atoms with Crippen LogP contribution in [0.15, 0.2) is 48.5 Å². The van der Waals surface area contributed by atoms with Crippen LogP contribution in [0.2, 0.25) is 0 Å². The lowest BCUT2D eigenvalue weighted by Crippen LogP contribution is -2.61. The number of methoxy groups -OCH3 is 2. The number of hydrogen-bond donors (Lipinski definition) is 1. The summed E-state index contributed by atoms with van der Waals surface area (Å²) in [6.45, 7) is 0. The first-order chi connectivity index (χ1) is 8.81. The predicted molar refractivity (Wildman–Crippen MR) is 71.8 cm³/mol. The Morgan fingerprint density at radius 2 is 1.50 bits per heavy atom. The molecule has 18 heavy (non-hydrogen) atoms. The third kappa shape index (κ3) is 3.10. The molecule has 0 aliphatic carbocycles. The molecule has 0 saturated heterocycles. The average Bonchev–Trinajstić information content (AvgIpc) is 2.45. The second-order valence-corrected chi connectivity index (χ2v) is 3.80. The van der Waals surface area contributed by atoms with E-state index in [0.717, 1.165) is 22.7 Å². The van der Waals surface area contributed by atoms with Gasteiger partial charge in [0.15, 0.2) is 6.21 Å². The summed E-state index contributed by atoms with van der Waals surface area (Å²) in [5, 5.41) is 0. The summed E-state index contributed by atoms with van der Waals surface area (Å²) in [6.07, 6.45) is 1.94. The van der Waals surface area contributed by atoms with Gasteiger partial charge < -0.3 is 9.47 Å². The van der Waals surface area contributed by atoms with Crippen molar-refractivity contribution >= 4 is 11.9 Å². The lowest BCUT2D eigenvalue weighted by Gasteiger charge is -2.02. The summed E-state index contributed by atoms with van der Waals surface area (Å²) >= 11 is 0. The van der Waals surface area contributed by atoms with Crippen LogP contribution in [-0.2, 0) is 0 Å². The summed E-state index contributed by atoms with van der Waals surface area (Å²) in [4.78, 5) is 3.23. The van der Waals surface area contributed by atoms with Crippen LogP contribution in [0.25, 0.3) is 0 Å². The molecule has 0 amide bonds. The molecule has 0 unspecified atom stereocenters. The molecule has 1 N–H and O–H groups in total. The van der Waals surface area contributed by atoms with Gasteiger partial charge in [0.2, 0.25) is 5.69 Å². The summed E-state index contributed by atoms with van der Waals surface area (Å²) in [7, 11) is 3.28. The molecule has 0 aliphatic rings. The van der Waals surface area contributed by atoms with E-state index in [-0.39, 0.29) is 0 Å². The molecule has 0 fully saturated rings. The van der Waals surface area contributed by atoms with Gasteiger partial charge in [-0.25, -0.2) is 4.99 Å². The molecular formula is C15H16NO2+. The minimum Gasteiger partial charge on any atom is -0.496 e. The number of ether oxygens (including phenoxy) is 2. The molecule has 0 saturated carbocycles. The van der Waals surface area contributed by atoms with Gasteiger partial charge in [-0.3, -0.25) is 0 Å². The summed E-state index contributed by atoms with van der Waals surface area (Å²) in [5.41, 5.74) is 2.04. The Labute approximate surface area is 107 Å². The maximum absolute atomic E-state index is 5.22. The van der Waals surface area contributed by atoms with Crippen LogP contribution in [0, 0.1) is 0 Å². The zero-order valence-corrected chi connectivity index (χ0v) is 10.5. The van der Waals surface area contributed by atoms with Crippen LogP contribution in [0.5, 0.6) is 11.5 Å². The van der Waals surface area contributed by atoms with Crippen molar-refractivity contribution in [1.82, 2.24) is 0 Å². The summed E-state index contributed by atoms with van der Waals surface area (Å²) in [6, 6.07) is 15.7. The lowest BCUT2D eigenvalue weighted by atomic mass is 10.2. The van der Waals surface area contributed by atoms with E-state index in [9.17, 15) is 0 Å². The molecule has 0 radical (unpaired) electrons. The minimum absolute atomic E-state index is 0.762. The van der Waals surface area contributed by atoms with Crippen LogP contribution >= 0.6 is 0 Å². The molecule has 92 valence electrons. The highest BCUT2D eigenvalue weighted by atomic mass is 16.5. The smallest absolute Gasteiger partial charge is 0.210 e. The molecule has 3 heteroatoms. The molecule has 0 heterocycles. The van der Waals surface area contributed by atoms with Gasteiger partial charge in [0.05, 0.1) is 26.4 Å². The van der Waals surface area contributed by atoms with Gasteiger partial charge in [-0.15, -0.1) is 0 Å². The van der Waals surface area contributed by atoms with Crippen molar-refractivity contribution in [3.05, 3.63) is 54.1 Å². The van der Waals surface area contributed by atoms with Crippen LogP contribution < -0.4 is 14.5 Å². The van der Waals surface area contributed by atoms with Gasteiger partial charge in [-0.05, 0) is 12.1 Å². The molecule has 0 bridgehead atoms. The Bertz CT molecular complexity index is 513. The van der Waals surface area contributed by atoms with E-state index in [4.69, 9.17) is 9.47 Å². The van der Waals surface area contributed by atoms with E-state index >= 15 is 0 Å². The Morgan fingerprint density at radius 1 is 0.889 bits per heavy atom. The number of nitrogens with one attached hydrogen (secondary N) is 1. The van der Waals surface area contributed by atoms with E-state index in [1.807, 2.05) is 54.7 Å². The normalized spacial score (nSPS) is 10.6. The maximum Gasteiger partial charge on any atom is 0.210 e. The van der Waals surface area contributed by atoms with Gasteiger partial charge in [-0.2, -0.15) is 0 Å². The Balaban J connectivity index is 2.25. The lowest BCUT2D eigenvalue weighted by molar-refractivity contribution is -0.347. The fourth-order valence-electron chi connectivity index (χ4n) is 1.61. The third-order valence-electron chi connectivity index (χ3n) is 2.56. The van der Waals surface area contributed by atoms with E-state index in [0.29, 0.717) is 0 Å². The molecular weight excluding hydrogens is 226 g/mol. The topological polar surface area (TPSA) is 32.4 Å². The number of hydrogen-bond acceptors (Lipinski definition) is 2. The fraction of sp³-hybridized carbons (Fsp3) is 0.133. The van der Waals surface area contributed by atoms with Crippen molar-refractivity contribution in [2.24, 2.45) is 0 Å². The standard InChI is InChI=1S/C15H15NO2/c1-17-14-8-13(9-15(10-14)18-2)16-11-12-6-4-3-5-7-12/h3-11H,1-2H3/p+1. The van der Waals surface area contributed by atoms with Gasteiger partial charge in [-0.1, -0.05) is 18.2 Å². The summed E-state index contributed by atoms with van der Waals surface area (Å²) < 4.78 is 10.4. The van der Waals surface area contributed by atoms with Crippen molar-refractivity contribution in [3.63, 3.8) is 0 Å². The molecule has 0 atom stereocenters. The van der Waals surface area contributed by atoms with Crippen LogP contribution in [0.3, 0.4) is 0 Å². The fourth-order valence-corrected chi connectivity index (χ4v) is 1.61. The zero-order chi connectivity index (χ0) is 12.8. The SMILES string of the molecule is COc1cc([NH+]=Cc2ccccc2)cc(OC)c1. The van der Waals surface area contributed by atoms with Crippen molar-refractivity contribution in [1.29, 1.82) is 0 Å². The first-order valence-electron chi connectivity index (χ1n) is 5.69. The maximum atomic E-state index is 5.22. The Hall–Kier alpha value is -2.29. The second kappa shape index (κ2) is 5.87. The van der Waals surface area contributed by atoms with E-state index in [1.165, 1.54) is 0 Å². The van der Waals surface area contributed by atoms with E-state index < -0.39 is 0 Å². The molecule has 2 aromatic rings. The van der Waals surface area contributed by atoms with Gasteiger partial charge in [0.25, 0.3) is 0 Å². The number of rotatable bonds is 4. The van der Waals surface area contributed by atoms with E-state index in [1.54, 1.807) is 14.2 Å². The monoisotopic (exact) mass is 242 g/mol. The van der Waals surface area contributed by atoms with Crippen molar-refractivity contribution in [3.8, 4) is 11.5 Å². The number of benzene rings is 2. The van der Waals surface area contributed by atoms with Crippen LogP contribution in [-0.4, -0.2) is 20.4 Å². The second-order valence-electron chi connectivity index (χ2n) is 3.80. The Kier molecular flexibility index (Phi) is 3.97. The molecule has 0 spiro atoms. The van der Waals surface area contributed by atoms with Gasteiger partial charge in [0.1, 0.15) is 11.5 Å². The van der Waals surface area contributed by atoms with Gasteiger partial charge >= 0.3 is 0 Å². The minimum atomic E-state index is 0.762. The quantitative estimate of drug-likeness (QED) is 0.825. The molecule has 3 nitrogen and oxygen atoms in total. The molecule has 0 aliphatic heterocycles. The summed E-state index contributed by atoms with van der Waals surface area (Å²) in [5.74, 6) is 1.52. The molecule has 2 aromatic carbocycles. The highest BCUT2D eigenvalue weighted by molar-refractivity contribution is 5.75. The molecule has 0 aromatic heterocycles. The first-order valence-corrected chi connectivity index (χ1v) is 5.69. The van der Waals surface area contributed by atoms with Crippen molar-refractivity contribution in [2.45, 2.75) is 0 Å². The first kappa shape index (κ1) is 12.2. The predicted octanol–water partition coefficient (Wildman–Crippen LogP) is 1.53.